The van der Waals surface area contributed by atoms with Gasteiger partial charge >= 0.3 is 0 Å². The molecule has 0 saturated carbocycles. The second kappa shape index (κ2) is 8.52. The number of anilines is 1. The Hall–Kier alpha value is -1.57. The van der Waals surface area contributed by atoms with Crippen LogP contribution in [0.25, 0.3) is 0 Å². The number of methoxy groups -OCH3 is 2. The Bertz CT molecular complexity index is 427. The first kappa shape index (κ1) is 15.5. The normalized spacial score (nSPS) is 10.2. The van der Waals surface area contributed by atoms with Crippen molar-refractivity contribution in [2.24, 2.45) is 0 Å². The predicted octanol–water partition coefficient (Wildman–Crippen LogP) is 2.36. The Morgan fingerprint density at radius 1 is 1.16 bits per heavy atom. The van der Waals surface area contributed by atoms with Crippen molar-refractivity contribution >= 4 is 5.69 Å². The molecule has 0 bridgehead atoms. The largest absolute Gasteiger partial charge is 0.385 e. The molecule has 1 aromatic carbocycles. The van der Waals surface area contributed by atoms with Crippen LogP contribution in [-0.2, 0) is 9.47 Å². The van der Waals surface area contributed by atoms with Gasteiger partial charge < -0.3 is 14.4 Å². The predicted molar refractivity (Wildman–Crippen MR) is 76.5 cm³/mol. The highest BCUT2D eigenvalue weighted by Crippen LogP contribution is 2.21. The first-order chi connectivity index (χ1) is 9.22. The van der Waals surface area contributed by atoms with Crippen molar-refractivity contribution in [1.29, 1.82) is 5.26 Å². The smallest absolute Gasteiger partial charge is 0.101 e. The highest BCUT2D eigenvalue weighted by atomic mass is 16.5. The van der Waals surface area contributed by atoms with Crippen LogP contribution in [0, 0.1) is 18.3 Å². The van der Waals surface area contributed by atoms with Crippen LogP contribution < -0.4 is 4.90 Å². The molecule has 0 spiro atoms. The average molecular weight is 262 g/mol. The standard InChI is InChI=1S/C15H22N2O2/c1-13-5-6-15(14(11-13)12-16)17(8-10-19-3)7-4-9-18-2/h5-6,11H,4,7-10H2,1-3H3. The van der Waals surface area contributed by atoms with Gasteiger partial charge in [-0.25, -0.2) is 0 Å². The molecule has 0 aromatic heterocycles. The Kier molecular flexibility index (Phi) is 6.94. The Morgan fingerprint density at radius 3 is 2.53 bits per heavy atom. The van der Waals surface area contributed by atoms with Crippen molar-refractivity contribution in [1.82, 2.24) is 0 Å². The molecule has 4 nitrogen and oxygen atoms in total. The van der Waals surface area contributed by atoms with Crippen molar-refractivity contribution in [2.45, 2.75) is 13.3 Å². The number of hydrogen-bond donors (Lipinski definition) is 0. The zero-order valence-electron chi connectivity index (χ0n) is 12.0. The molecule has 0 unspecified atom stereocenters. The van der Waals surface area contributed by atoms with Crippen molar-refractivity contribution in [3.8, 4) is 6.07 Å². The molecule has 0 amide bonds. The maximum absolute atomic E-state index is 9.26. The van der Waals surface area contributed by atoms with E-state index in [-0.39, 0.29) is 0 Å². The van der Waals surface area contributed by atoms with E-state index >= 15 is 0 Å². The molecule has 19 heavy (non-hydrogen) atoms. The minimum Gasteiger partial charge on any atom is -0.385 e. The first-order valence-electron chi connectivity index (χ1n) is 6.46. The van der Waals surface area contributed by atoms with E-state index in [9.17, 15) is 5.26 Å². The fourth-order valence-corrected chi connectivity index (χ4v) is 1.97. The van der Waals surface area contributed by atoms with E-state index in [1.807, 2.05) is 25.1 Å². The van der Waals surface area contributed by atoms with Crippen molar-refractivity contribution in [2.75, 3.05) is 45.4 Å². The molecular formula is C15H22N2O2. The van der Waals surface area contributed by atoms with Gasteiger partial charge in [0, 0.05) is 33.9 Å². The second-order valence-corrected chi connectivity index (χ2v) is 4.46. The third-order valence-corrected chi connectivity index (χ3v) is 2.96. The van der Waals surface area contributed by atoms with E-state index in [1.54, 1.807) is 14.2 Å². The SMILES string of the molecule is COCCCN(CCOC)c1ccc(C)cc1C#N. The summed E-state index contributed by atoms with van der Waals surface area (Å²) in [5.74, 6) is 0. The fourth-order valence-electron chi connectivity index (χ4n) is 1.97. The van der Waals surface area contributed by atoms with Crippen LogP contribution in [0.15, 0.2) is 18.2 Å². The number of benzene rings is 1. The molecular weight excluding hydrogens is 240 g/mol. The van der Waals surface area contributed by atoms with Crippen LogP contribution in [-0.4, -0.2) is 40.5 Å². The summed E-state index contributed by atoms with van der Waals surface area (Å²) in [5.41, 5.74) is 2.79. The van der Waals surface area contributed by atoms with Gasteiger partial charge in [0.25, 0.3) is 0 Å². The lowest BCUT2D eigenvalue weighted by Gasteiger charge is -2.25. The Balaban J connectivity index is 2.86. The summed E-state index contributed by atoms with van der Waals surface area (Å²) in [4.78, 5) is 2.18. The van der Waals surface area contributed by atoms with E-state index in [0.717, 1.165) is 37.4 Å². The van der Waals surface area contributed by atoms with E-state index < -0.39 is 0 Å². The third-order valence-electron chi connectivity index (χ3n) is 2.96. The molecule has 0 radical (unpaired) electrons. The molecule has 1 rings (SSSR count). The van der Waals surface area contributed by atoms with Crippen LogP contribution >= 0.6 is 0 Å². The molecule has 0 aliphatic heterocycles. The molecule has 0 saturated heterocycles. The minimum absolute atomic E-state index is 0.645. The van der Waals surface area contributed by atoms with Gasteiger partial charge in [0.15, 0.2) is 0 Å². The Morgan fingerprint density at radius 2 is 1.89 bits per heavy atom. The number of ether oxygens (including phenoxy) is 2. The monoisotopic (exact) mass is 262 g/mol. The lowest BCUT2D eigenvalue weighted by Crippen LogP contribution is -2.29. The number of aryl methyl sites for hydroxylation is 1. The molecule has 0 heterocycles. The number of nitrogens with zero attached hydrogens (tertiary/aromatic N) is 2. The summed E-state index contributed by atoms with van der Waals surface area (Å²) in [7, 11) is 3.39. The summed E-state index contributed by atoms with van der Waals surface area (Å²) in [6, 6.07) is 8.24. The van der Waals surface area contributed by atoms with Crippen LogP contribution in [0.4, 0.5) is 5.69 Å². The van der Waals surface area contributed by atoms with E-state index in [0.29, 0.717) is 12.2 Å². The lowest BCUT2D eigenvalue weighted by atomic mass is 10.1. The highest BCUT2D eigenvalue weighted by Gasteiger charge is 2.11. The maximum atomic E-state index is 9.26. The third kappa shape index (κ3) is 4.90. The van der Waals surface area contributed by atoms with Gasteiger partial charge in [-0.2, -0.15) is 5.26 Å². The van der Waals surface area contributed by atoms with Gasteiger partial charge in [0.2, 0.25) is 0 Å². The summed E-state index contributed by atoms with van der Waals surface area (Å²) >= 11 is 0. The maximum Gasteiger partial charge on any atom is 0.101 e. The number of nitriles is 1. The average Bonchev–Trinajstić information content (AvgIpc) is 2.43. The zero-order valence-corrected chi connectivity index (χ0v) is 12.0. The summed E-state index contributed by atoms with van der Waals surface area (Å²) < 4.78 is 10.2. The topological polar surface area (TPSA) is 45.5 Å². The summed E-state index contributed by atoms with van der Waals surface area (Å²) in [5, 5.41) is 9.26. The zero-order chi connectivity index (χ0) is 14.1. The van der Waals surface area contributed by atoms with Gasteiger partial charge in [-0.3, -0.25) is 0 Å². The van der Waals surface area contributed by atoms with Gasteiger partial charge in [0.05, 0.1) is 17.9 Å². The lowest BCUT2D eigenvalue weighted by molar-refractivity contribution is 0.191. The van der Waals surface area contributed by atoms with Gasteiger partial charge in [0.1, 0.15) is 6.07 Å². The first-order valence-corrected chi connectivity index (χ1v) is 6.46. The van der Waals surface area contributed by atoms with Gasteiger partial charge in [-0.05, 0) is 31.0 Å². The molecule has 0 atom stereocenters. The Labute approximate surface area is 115 Å². The molecule has 4 heteroatoms. The molecule has 0 aliphatic rings. The minimum atomic E-state index is 0.645. The van der Waals surface area contributed by atoms with E-state index in [4.69, 9.17) is 9.47 Å². The molecule has 0 aliphatic carbocycles. The summed E-state index contributed by atoms with van der Waals surface area (Å²) in [6.45, 7) is 4.99. The molecule has 0 fully saturated rings. The van der Waals surface area contributed by atoms with Crippen LogP contribution in [0.3, 0.4) is 0 Å². The second-order valence-electron chi connectivity index (χ2n) is 4.46. The van der Waals surface area contributed by atoms with Gasteiger partial charge in [-0.1, -0.05) is 6.07 Å². The van der Waals surface area contributed by atoms with Crippen molar-refractivity contribution in [3.63, 3.8) is 0 Å². The van der Waals surface area contributed by atoms with Crippen LogP contribution in [0.1, 0.15) is 17.5 Å². The highest BCUT2D eigenvalue weighted by molar-refractivity contribution is 5.60. The molecule has 104 valence electrons. The fraction of sp³-hybridized carbons (Fsp3) is 0.533. The van der Waals surface area contributed by atoms with Crippen molar-refractivity contribution < 1.29 is 9.47 Å². The number of rotatable bonds is 8. The van der Waals surface area contributed by atoms with Crippen molar-refractivity contribution in [3.05, 3.63) is 29.3 Å². The molecule has 0 N–H and O–H groups in total. The van der Waals surface area contributed by atoms with E-state index in [1.165, 1.54) is 0 Å². The number of hydrogen-bond acceptors (Lipinski definition) is 4. The summed E-state index contributed by atoms with van der Waals surface area (Å²) in [6.07, 6.45) is 0.930. The van der Waals surface area contributed by atoms with Crippen LogP contribution in [0.2, 0.25) is 0 Å². The quantitative estimate of drug-likeness (QED) is 0.675. The molecule has 1 aromatic rings. The van der Waals surface area contributed by atoms with Gasteiger partial charge in [-0.15, -0.1) is 0 Å². The van der Waals surface area contributed by atoms with Crippen LogP contribution in [0.5, 0.6) is 0 Å². The van der Waals surface area contributed by atoms with E-state index in [2.05, 4.69) is 11.0 Å².